The normalized spacial score (nSPS) is 13.0. The topological polar surface area (TPSA) is 51.6 Å². The molecule has 3 rings (SSSR count). The third-order valence-electron chi connectivity index (χ3n) is 4.28. The van der Waals surface area contributed by atoms with Gasteiger partial charge in [-0.25, -0.2) is 4.98 Å². The van der Waals surface area contributed by atoms with Crippen LogP contribution in [-0.4, -0.2) is 16.2 Å². The molecular weight excluding hydrogens is 326 g/mol. The summed E-state index contributed by atoms with van der Waals surface area (Å²) in [5, 5.41) is 9.89. The molecule has 0 aliphatic heterocycles. The van der Waals surface area contributed by atoms with Crippen molar-refractivity contribution in [3.63, 3.8) is 0 Å². The number of rotatable bonds is 7. The fraction of sp³-hybridized carbons (Fsp3) is 0.227. The zero-order chi connectivity index (χ0) is 18.4. The molecule has 2 atom stereocenters. The van der Waals surface area contributed by atoms with Crippen molar-refractivity contribution in [1.82, 2.24) is 4.98 Å². The van der Waals surface area contributed by atoms with E-state index in [1.165, 1.54) is 0 Å². The van der Waals surface area contributed by atoms with Crippen LogP contribution in [0, 0.1) is 0 Å². The maximum absolute atomic E-state index is 9.89. The summed E-state index contributed by atoms with van der Waals surface area (Å²) >= 11 is 0. The van der Waals surface area contributed by atoms with Crippen LogP contribution in [0.4, 0.5) is 0 Å². The molecule has 0 aliphatic rings. The number of nitrogens with zero attached hydrogens (tertiary/aromatic N) is 1. The maximum atomic E-state index is 9.89. The van der Waals surface area contributed by atoms with Gasteiger partial charge in [0, 0.05) is 17.7 Å². The molecule has 0 spiro atoms. The number of benzene rings is 2. The van der Waals surface area contributed by atoms with Crippen LogP contribution < -0.4 is 9.47 Å². The van der Waals surface area contributed by atoms with Crippen molar-refractivity contribution in [2.75, 3.05) is 0 Å². The minimum absolute atomic E-state index is 0.0664. The van der Waals surface area contributed by atoms with Gasteiger partial charge in [-0.2, -0.15) is 0 Å². The lowest BCUT2D eigenvalue weighted by atomic mass is 9.97. The average molecular weight is 349 g/mol. The Labute approximate surface area is 154 Å². The number of para-hydroxylation sites is 1. The smallest absolute Gasteiger partial charge is 0.222 e. The van der Waals surface area contributed by atoms with Crippen LogP contribution in [0.5, 0.6) is 17.4 Å². The molecule has 26 heavy (non-hydrogen) atoms. The average Bonchev–Trinajstić information content (AvgIpc) is 2.67. The Kier molecular flexibility index (Phi) is 5.87. The van der Waals surface area contributed by atoms with Crippen LogP contribution in [0.25, 0.3) is 0 Å². The monoisotopic (exact) mass is 349 g/mol. The minimum atomic E-state index is -0.479. The Morgan fingerprint density at radius 1 is 0.923 bits per heavy atom. The highest BCUT2D eigenvalue weighted by Crippen LogP contribution is 2.30. The second kappa shape index (κ2) is 8.50. The zero-order valence-corrected chi connectivity index (χ0v) is 15.0. The largest absolute Gasteiger partial charge is 0.489 e. The predicted octanol–water partition coefficient (Wildman–Crippen LogP) is 4.94. The standard InChI is InChI=1S/C22H23NO3/c1-16(17(2)24)21-12-7-13-23-22(21)26-20-11-6-8-18(14-20)15-25-19-9-4-3-5-10-19/h3-14,16-17,24H,15H2,1-2H3. The number of ether oxygens (including phenoxy) is 2. The second-order valence-electron chi connectivity index (χ2n) is 6.28. The molecule has 0 radical (unpaired) electrons. The summed E-state index contributed by atoms with van der Waals surface area (Å²) in [5.41, 5.74) is 1.89. The van der Waals surface area contributed by atoms with E-state index in [2.05, 4.69) is 4.98 Å². The van der Waals surface area contributed by atoms with Crippen molar-refractivity contribution in [3.8, 4) is 17.4 Å². The van der Waals surface area contributed by atoms with Crippen LogP contribution in [0.3, 0.4) is 0 Å². The van der Waals surface area contributed by atoms with E-state index < -0.39 is 6.10 Å². The van der Waals surface area contributed by atoms with Gasteiger partial charge in [0.15, 0.2) is 0 Å². The second-order valence-corrected chi connectivity index (χ2v) is 6.28. The van der Waals surface area contributed by atoms with E-state index >= 15 is 0 Å². The molecule has 0 bridgehead atoms. The van der Waals surface area contributed by atoms with Crippen molar-refractivity contribution in [2.45, 2.75) is 32.5 Å². The van der Waals surface area contributed by atoms with E-state index in [-0.39, 0.29) is 5.92 Å². The van der Waals surface area contributed by atoms with Gasteiger partial charge < -0.3 is 14.6 Å². The van der Waals surface area contributed by atoms with Gasteiger partial charge in [-0.15, -0.1) is 0 Å². The van der Waals surface area contributed by atoms with Crippen molar-refractivity contribution in [2.24, 2.45) is 0 Å². The van der Waals surface area contributed by atoms with Crippen molar-refractivity contribution < 1.29 is 14.6 Å². The van der Waals surface area contributed by atoms with Crippen molar-refractivity contribution >= 4 is 0 Å². The first-order valence-electron chi connectivity index (χ1n) is 8.71. The highest BCUT2D eigenvalue weighted by molar-refractivity contribution is 5.36. The van der Waals surface area contributed by atoms with Crippen molar-refractivity contribution in [1.29, 1.82) is 0 Å². The summed E-state index contributed by atoms with van der Waals surface area (Å²) in [6.07, 6.45) is 1.21. The fourth-order valence-corrected chi connectivity index (χ4v) is 2.59. The molecule has 0 aliphatic carbocycles. The van der Waals surface area contributed by atoms with Gasteiger partial charge >= 0.3 is 0 Å². The summed E-state index contributed by atoms with van der Waals surface area (Å²) in [6.45, 7) is 4.18. The molecule has 4 heteroatoms. The van der Waals surface area contributed by atoms with E-state index in [1.807, 2.05) is 73.7 Å². The molecule has 4 nitrogen and oxygen atoms in total. The molecule has 1 N–H and O–H groups in total. The third kappa shape index (κ3) is 4.61. The summed E-state index contributed by atoms with van der Waals surface area (Å²) in [6, 6.07) is 21.2. The number of pyridine rings is 1. The highest BCUT2D eigenvalue weighted by atomic mass is 16.5. The molecule has 0 saturated carbocycles. The number of aliphatic hydroxyl groups excluding tert-OH is 1. The van der Waals surface area contributed by atoms with Gasteiger partial charge in [-0.05, 0) is 42.8 Å². The SMILES string of the molecule is CC(O)C(C)c1cccnc1Oc1cccc(COc2ccccc2)c1. The first-order chi connectivity index (χ1) is 12.6. The fourth-order valence-electron chi connectivity index (χ4n) is 2.59. The van der Waals surface area contributed by atoms with Crippen LogP contribution in [0.2, 0.25) is 0 Å². The summed E-state index contributed by atoms with van der Waals surface area (Å²) in [7, 11) is 0. The quantitative estimate of drug-likeness (QED) is 0.656. The van der Waals surface area contributed by atoms with Gasteiger partial charge in [0.2, 0.25) is 5.88 Å². The molecule has 2 aromatic carbocycles. The van der Waals surface area contributed by atoms with E-state index in [0.29, 0.717) is 18.2 Å². The van der Waals surface area contributed by atoms with Gasteiger partial charge in [-0.1, -0.05) is 43.3 Å². The van der Waals surface area contributed by atoms with Gasteiger partial charge in [0.05, 0.1) is 6.10 Å². The van der Waals surface area contributed by atoms with Crippen LogP contribution in [0.15, 0.2) is 72.9 Å². The maximum Gasteiger partial charge on any atom is 0.222 e. The Hall–Kier alpha value is -2.85. The van der Waals surface area contributed by atoms with E-state index in [1.54, 1.807) is 13.1 Å². The molecule has 1 aromatic heterocycles. The zero-order valence-electron chi connectivity index (χ0n) is 15.0. The molecule has 0 amide bonds. The Bertz CT molecular complexity index is 834. The van der Waals surface area contributed by atoms with Crippen LogP contribution >= 0.6 is 0 Å². The predicted molar refractivity (Wildman–Crippen MR) is 102 cm³/mol. The van der Waals surface area contributed by atoms with E-state index in [4.69, 9.17) is 9.47 Å². The Morgan fingerprint density at radius 3 is 2.46 bits per heavy atom. The summed E-state index contributed by atoms with van der Waals surface area (Å²) in [5.74, 6) is 1.97. The van der Waals surface area contributed by atoms with Gasteiger partial charge in [-0.3, -0.25) is 0 Å². The van der Waals surface area contributed by atoms with Gasteiger partial charge in [0.1, 0.15) is 18.1 Å². The van der Waals surface area contributed by atoms with Crippen LogP contribution in [0.1, 0.15) is 30.9 Å². The lowest BCUT2D eigenvalue weighted by Crippen LogP contribution is -2.12. The lowest BCUT2D eigenvalue weighted by Gasteiger charge is -2.18. The van der Waals surface area contributed by atoms with Crippen LogP contribution in [-0.2, 0) is 6.61 Å². The molecule has 1 heterocycles. The Balaban J connectivity index is 1.73. The molecule has 0 saturated heterocycles. The number of aliphatic hydroxyl groups is 1. The first kappa shape index (κ1) is 18.0. The molecule has 3 aromatic rings. The number of hydrogen-bond donors (Lipinski definition) is 1. The molecule has 0 fully saturated rings. The molecule has 2 unspecified atom stereocenters. The first-order valence-corrected chi connectivity index (χ1v) is 8.71. The number of aromatic nitrogens is 1. The Morgan fingerprint density at radius 2 is 1.69 bits per heavy atom. The molecule has 134 valence electrons. The number of hydrogen-bond acceptors (Lipinski definition) is 4. The highest BCUT2D eigenvalue weighted by Gasteiger charge is 2.17. The van der Waals surface area contributed by atoms with E-state index in [0.717, 1.165) is 16.9 Å². The lowest BCUT2D eigenvalue weighted by molar-refractivity contribution is 0.167. The van der Waals surface area contributed by atoms with Crippen molar-refractivity contribution in [3.05, 3.63) is 84.1 Å². The van der Waals surface area contributed by atoms with Gasteiger partial charge in [0.25, 0.3) is 0 Å². The summed E-state index contributed by atoms with van der Waals surface area (Å²) in [4.78, 5) is 4.34. The van der Waals surface area contributed by atoms with E-state index in [9.17, 15) is 5.11 Å². The third-order valence-corrected chi connectivity index (χ3v) is 4.28. The molecular formula is C22H23NO3. The summed E-state index contributed by atoms with van der Waals surface area (Å²) < 4.78 is 11.8. The minimum Gasteiger partial charge on any atom is -0.489 e.